The molecule has 5 rings (SSSR count). The van der Waals surface area contributed by atoms with Gasteiger partial charge in [0.2, 0.25) is 0 Å². The summed E-state index contributed by atoms with van der Waals surface area (Å²) in [6.45, 7) is 8.81. The number of rotatable bonds is 2. The molecule has 0 aromatic rings. The van der Waals surface area contributed by atoms with Gasteiger partial charge in [0, 0.05) is 31.5 Å². The summed E-state index contributed by atoms with van der Waals surface area (Å²) in [5, 5.41) is 0. The number of ether oxygens (including phenoxy) is 3. The van der Waals surface area contributed by atoms with Crippen LogP contribution in [0.15, 0.2) is 0 Å². The fraction of sp³-hybridized carbons (Fsp3) is 0.947. The van der Waals surface area contributed by atoms with Gasteiger partial charge in [-0.2, -0.15) is 0 Å². The van der Waals surface area contributed by atoms with Crippen LogP contribution in [0.5, 0.6) is 0 Å². The molecule has 0 aromatic heterocycles. The third-order valence-electron chi connectivity index (χ3n) is 7.65. The average Bonchev–Trinajstić information content (AvgIpc) is 3.20. The van der Waals surface area contributed by atoms with Crippen molar-refractivity contribution in [2.45, 2.75) is 56.8 Å². The van der Waals surface area contributed by atoms with E-state index in [0.717, 1.165) is 52.1 Å². The average molecular weight is 335 g/mol. The highest BCUT2D eigenvalue weighted by Crippen LogP contribution is 2.66. The standard InChI is InChI=1S/C19H29NO4/c1-12-3-4-15-13(11-20-7-9-22-10-8-20)16(21)23-19(15)14(12)5-6-18(2)17(19)24-18/h12-15,17H,3-11H2,1-2H3/t12-,13+,14+,15+,17-,18-,19-/m1/s1. The number of fused-ring (bicyclic) bond motifs is 1. The van der Waals surface area contributed by atoms with Crippen LogP contribution in [0.3, 0.4) is 0 Å². The zero-order chi connectivity index (χ0) is 16.5. The van der Waals surface area contributed by atoms with Crippen molar-refractivity contribution in [1.82, 2.24) is 4.90 Å². The Morgan fingerprint density at radius 1 is 1.17 bits per heavy atom. The molecule has 5 aliphatic rings. The number of carbonyl (C=O) groups is 1. The number of epoxide rings is 1. The van der Waals surface area contributed by atoms with Crippen molar-refractivity contribution in [3.05, 3.63) is 0 Å². The fourth-order valence-electron chi connectivity index (χ4n) is 6.32. The number of hydrogen-bond donors (Lipinski definition) is 0. The Kier molecular flexibility index (Phi) is 3.37. The normalized spacial score (nSPS) is 53.8. The second-order valence-electron chi connectivity index (χ2n) is 8.91. The second kappa shape index (κ2) is 5.18. The summed E-state index contributed by atoms with van der Waals surface area (Å²) in [6.07, 6.45) is 4.72. The van der Waals surface area contributed by atoms with Gasteiger partial charge in [-0.1, -0.05) is 6.92 Å². The maximum absolute atomic E-state index is 12.9. The minimum atomic E-state index is -0.335. The van der Waals surface area contributed by atoms with Crippen LogP contribution in [-0.2, 0) is 19.0 Å². The molecule has 0 radical (unpaired) electrons. The number of hydrogen-bond acceptors (Lipinski definition) is 5. The minimum Gasteiger partial charge on any atom is -0.455 e. The first-order valence-electron chi connectivity index (χ1n) is 9.75. The molecule has 1 spiro atoms. The van der Waals surface area contributed by atoms with Gasteiger partial charge >= 0.3 is 5.97 Å². The molecule has 3 heterocycles. The third kappa shape index (κ3) is 2.01. The Morgan fingerprint density at radius 3 is 2.75 bits per heavy atom. The van der Waals surface area contributed by atoms with E-state index in [1.165, 1.54) is 6.42 Å². The van der Waals surface area contributed by atoms with Crippen molar-refractivity contribution in [2.75, 3.05) is 32.8 Å². The summed E-state index contributed by atoms with van der Waals surface area (Å²) in [5.41, 5.74) is -0.376. The number of esters is 1. The summed E-state index contributed by atoms with van der Waals surface area (Å²) in [6, 6.07) is 0. The Morgan fingerprint density at radius 2 is 1.96 bits per heavy atom. The highest BCUT2D eigenvalue weighted by molar-refractivity contribution is 5.77. The van der Waals surface area contributed by atoms with Crippen molar-refractivity contribution in [2.24, 2.45) is 23.7 Å². The monoisotopic (exact) mass is 335 g/mol. The van der Waals surface area contributed by atoms with E-state index in [0.29, 0.717) is 17.8 Å². The molecular weight excluding hydrogens is 306 g/mol. The van der Waals surface area contributed by atoms with E-state index >= 15 is 0 Å². The molecule has 2 aliphatic carbocycles. The molecule has 7 atom stereocenters. The lowest BCUT2D eigenvalue weighted by Crippen LogP contribution is -2.58. The lowest BCUT2D eigenvalue weighted by atomic mass is 9.55. The van der Waals surface area contributed by atoms with Crippen molar-refractivity contribution in [3.63, 3.8) is 0 Å². The molecule has 5 nitrogen and oxygen atoms in total. The molecule has 0 amide bonds. The predicted octanol–water partition coefficient (Wildman–Crippen LogP) is 1.84. The third-order valence-corrected chi connectivity index (χ3v) is 7.65. The number of morpholine rings is 1. The minimum absolute atomic E-state index is 0.0182. The van der Waals surface area contributed by atoms with Crippen molar-refractivity contribution in [1.29, 1.82) is 0 Å². The maximum Gasteiger partial charge on any atom is 0.311 e. The Balaban J connectivity index is 1.45. The molecule has 0 bridgehead atoms. The first kappa shape index (κ1) is 15.6. The molecule has 0 N–H and O–H groups in total. The van der Waals surface area contributed by atoms with Crippen molar-refractivity contribution >= 4 is 5.97 Å². The van der Waals surface area contributed by atoms with Gasteiger partial charge < -0.3 is 14.2 Å². The van der Waals surface area contributed by atoms with Crippen LogP contribution in [0.4, 0.5) is 0 Å². The van der Waals surface area contributed by atoms with E-state index in [-0.39, 0.29) is 29.2 Å². The van der Waals surface area contributed by atoms with E-state index in [1.807, 2.05) is 0 Å². The quantitative estimate of drug-likeness (QED) is 0.569. The van der Waals surface area contributed by atoms with Gasteiger partial charge in [-0.3, -0.25) is 9.69 Å². The van der Waals surface area contributed by atoms with E-state index in [2.05, 4.69) is 18.7 Å². The van der Waals surface area contributed by atoms with Gasteiger partial charge in [0.25, 0.3) is 0 Å². The Labute approximate surface area is 144 Å². The second-order valence-corrected chi connectivity index (χ2v) is 8.91. The summed E-state index contributed by atoms with van der Waals surface area (Å²) >= 11 is 0. The van der Waals surface area contributed by atoms with Crippen LogP contribution in [0.1, 0.15) is 39.5 Å². The van der Waals surface area contributed by atoms with Crippen LogP contribution in [0.2, 0.25) is 0 Å². The Hall–Kier alpha value is -0.650. The SMILES string of the molecule is C[C@@H]1CC[C@H]2[C@H](CN3CCOCC3)C(=O)O[C@]23[C@H]1CC[C@@]1(C)O[C@@H]31. The summed E-state index contributed by atoms with van der Waals surface area (Å²) in [7, 11) is 0. The lowest BCUT2D eigenvalue weighted by Gasteiger charge is -2.50. The fourth-order valence-corrected chi connectivity index (χ4v) is 6.32. The zero-order valence-corrected chi connectivity index (χ0v) is 14.8. The summed E-state index contributed by atoms with van der Waals surface area (Å²) < 4.78 is 17.9. The van der Waals surface area contributed by atoms with Gasteiger partial charge in [-0.15, -0.1) is 0 Å². The van der Waals surface area contributed by atoms with E-state index < -0.39 is 0 Å². The van der Waals surface area contributed by atoms with Gasteiger partial charge in [-0.25, -0.2) is 0 Å². The summed E-state index contributed by atoms with van der Waals surface area (Å²) in [5.74, 6) is 1.50. The van der Waals surface area contributed by atoms with Crippen molar-refractivity contribution in [3.8, 4) is 0 Å². The maximum atomic E-state index is 12.9. The first-order valence-corrected chi connectivity index (χ1v) is 9.75. The molecule has 134 valence electrons. The van der Waals surface area contributed by atoms with Gasteiger partial charge in [0.15, 0.2) is 0 Å². The first-order chi connectivity index (χ1) is 11.5. The molecule has 5 fully saturated rings. The molecule has 0 unspecified atom stereocenters. The van der Waals surface area contributed by atoms with Gasteiger partial charge in [-0.05, 0) is 38.5 Å². The van der Waals surface area contributed by atoms with Crippen LogP contribution in [0.25, 0.3) is 0 Å². The van der Waals surface area contributed by atoms with Crippen LogP contribution in [0, 0.1) is 23.7 Å². The van der Waals surface area contributed by atoms with E-state index in [9.17, 15) is 4.79 Å². The highest BCUT2D eigenvalue weighted by Gasteiger charge is 2.77. The lowest BCUT2D eigenvalue weighted by molar-refractivity contribution is -0.168. The topological polar surface area (TPSA) is 51.3 Å². The molecule has 0 aromatic carbocycles. The van der Waals surface area contributed by atoms with E-state index in [1.54, 1.807) is 0 Å². The number of carbonyl (C=O) groups excluding carboxylic acids is 1. The number of nitrogens with zero attached hydrogens (tertiary/aromatic N) is 1. The molecular formula is C19H29NO4. The van der Waals surface area contributed by atoms with Crippen LogP contribution >= 0.6 is 0 Å². The smallest absolute Gasteiger partial charge is 0.311 e. The predicted molar refractivity (Wildman–Crippen MR) is 87.5 cm³/mol. The molecule has 3 aliphatic heterocycles. The molecule has 3 saturated heterocycles. The van der Waals surface area contributed by atoms with E-state index in [4.69, 9.17) is 14.2 Å². The zero-order valence-electron chi connectivity index (χ0n) is 14.8. The molecule has 24 heavy (non-hydrogen) atoms. The van der Waals surface area contributed by atoms with Crippen molar-refractivity contribution < 1.29 is 19.0 Å². The molecule has 5 heteroatoms. The van der Waals surface area contributed by atoms with Crippen LogP contribution in [-0.4, -0.2) is 61.0 Å². The molecule has 2 saturated carbocycles. The summed E-state index contributed by atoms with van der Waals surface area (Å²) in [4.78, 5) is 15.3. The highest BCUT2D eigenvalue weighted by atomic mass is 16.7. The van der Waals surface area contributed by atoms with Gasteiger partial charge in [0.05, 0.1) is 24.7 Å². The van der Waals surface area contributed by atoms with Gasteiger partial charge in [0.1, 0.15) is 11.7 Å². The Bertz CT molecular complexity index is 547. The van der Waals surface area contributed by atoms with Crippen LogP contribution < -0.4 is 0 Å². The largest absolute Gasteiger partial charge is 0.455 e.